The van der Waals surface area contributed by atoms with Gasteiger partial charge < -0.3 is 10.5 Å². The predicted molar refractivity (Wildman–Crippen MR) is 66.9 cm³/mol. The number of rotatable bonds is 3. The number of hydrogen-bond acceptors (Lipinski definition) is 4. The first-order valence-corrected chi connectivity index (χ1v) is 6.37. The summed E-state index contributed by atoms with van der Waals surface area (Å²) in [6.07, 6.45) is 6.71. The smallest absolute Gasteiger partial charge is 0.235 e. The number of nitrogens with zero attached hydrogens (tertiary/aromatic N) is 2. The zero-order valence-electron chi connectivity index (χ0n) is 10.6. The minimum atomic E-state index is 0.212. The summed E-state index contributed by atoms with van der Waals surface area (Å²) in [5.74, 6) is 1.14. The van der Waals surface area contributed by atoms with Crippen LogP contribution in [0.1, 0.15) is 37.1 Å². The van der Waals surface area contributed by atoms with Crippen molar-refractivity contribution in [3.8, 4) is 5.88 Å². The average molecular weight is 235 g/mol. The Morgan fingerprint density at radius 3 is 2.88 bits per heavy atom. The minimum Gasteiger partial charge on any atom is -0.473 e. The summed E-state index contributed by atoms with van der Waals surface area (Å²) >= 11 is 0. The van der Waals surface area contributed by atoms with Crippen LogP contribution < -0.4 is 10.5 Å². The average Bonchev–Trinajstić information content (AvgIpc) is 2.34. The van der Waals surface area contributed by atoms with Crippen molar-refractivity contribution in [3.05, 3.63) is 17.6 Å². The van der Waals surface area contributed by atoms with Crippen LogP contribution in [0.25, 0.3) is 0 Å². The third-order valence-electron chi connectivity index (χ3n) is 3.44. The first kappa shape index (κ1) is 12.3. The molecule has 0 amide bonds. The highest BCUT2D eigenvalue weighted by Crippen LogP contribution is 2.27. The monoisotopic (exact) mass is 235 g/mol. The van der Waals surface area contributed by atoms with E-state index in [1.165, 1.54) is 19.3 Å². The molecule has 1 aromatic heterocycles. The Bertz CT molecular complexity index is 381. The maximum atomic E-state index is 6.02. The molecule has 17 heavy (non-hydrogen) atoms. The number of hydrogen-bond donors (Lipinski definition) is 1. The van der Waals surface area contributed by atoms with Crippen molar-refractivity contribution in [1.82, 2.24) is 9.97 Å². The van der Waals surface area contributed by atoms with Gasteiger partial charge in [0.1, 0.15) is 6.10 Å². The van der Waals surface area contributed by atoms with Crippen LogP contribution >= 0.6 is 0 Å². The van der Waals surface area contributed by atoms with Gasteiger partial charge in [-0.1, -0.05) is 6.42 Å². The molecule has 0 aliphatic heterocycles. The first-order chi connectivity index (χ1) is 8.20. The van der Waals surface area contributed by atoms with E-state index in [4.69, 9.17) is 10.5 Å². The molecule has 4 heteroatoms. The number of ether oxygens (including phenoxy) is 1. The molecule has 4 nitrogen and oxygen atoms in total. The molecule has 1 heterocycles. The van der Waals surface area contributed by atoms with Crippen molar-refractivity contribution in [2.24, 2.45) is 11.7 Å². The summed E-state index contributed by atoms with van der Waals surface area (Å²) in [4.78, 5) is 8.69. The van der Waals surface area contributed by atoms with Crippen molar-refractivity contribution < 1.29 is 4.74 Å². The highest BCUT2D eigenvalue weighted by atomic mass is 16.5. The van der Waals surface area contributed by atoms with Gasteiger partial charge in [-0.05, 0) is 39.7 Å². The molecule has 0 aromatic carbocycles. The maximum Gasteiger partial charge on any atom is 0.235 e. The van der Waals surface area contributed by atoms with E-state index in [0.717, 1.165) is 17.8 Å². The molecule has 2 atom stereocenters. The fraction of sp³-hybridized carbons (Fsp3) is 0.692. The Morgan fingerprint density at radius 1 is 1.35 bits per heavy atom. The SMILES string of the molecule is Cc1cnc(C)c(OC2CCCCC2CN)n1. The Morgan fingerprint density at radius 2 is 2.12 bits per heavy atom. The third-order valence-corrected chi connectivity index (χ3v) is 3.44. The number of nitrogens with two attached hydrogens (primary N) is 1. The quantitative estimate of drug-likeness (QED) is 0.870. The van der Waals surface area contributed by atoms with Gasteiger partial charge in [-0.3, -0.25) is 4.98 Å². The minimum absolute atomic E-state index is 0.212. The van der Waals surface area contributed by atoms with Crippen LogP contribution in [0.4, 0.5) is 0 Å². The molecule has 1 aliphatic carbocycles. The highest BCUT2D eigenvalue weighted by molar-refractivity contribution is 5.18. The third kappa shape index (κ3) is 2.94. The van der Waals surface area contributed by atoms with Crippen LogP contribution in [0.2, 0.25) is 0 Å². The van der Waals surface area contributed by atoms with Crippen LogP contribution in [0.5, 0.6) is 5.88 Å². The van der Waals surface area contributed by atoms with Crippen molar-refractivity contribution in [1.29, 1.82) is 0 Å². The summed E-state index contributed by atoms with van der Waals surface area (Å²) in [6, 6.07) is 0. The Hall–Kier alpha value is -1.16. The summed E-state index contributed by atoms with van der Waals surface area (Å²) < 4.78 is 6.02. The number of aryl methyl sites for hydroxylation is 2. The van der Waals surface area contributed by atoms with Gasteiger partial charge >= 0.3 is 0 Å². The summed E-state index contributed by atoms with van der Waals surface area (Å²) in [5.41, 5.74) is 7.55. The molecule has 0 bridgehead atoms. The zero-order valence-corrected chi connectivity index (χ0v) is 10.6. The largest absolute Gasteiger partial charge is 0.473 e. The van der Waals surface area contributed by atoms with E-state index in [9.17, 15) is 0 Å². The fourth-order valence-electron chi connectivity index (χ4n) is 2.37. The van der Waals surface area contributed by atoms with Gasteiger partial charge in [-0.25, -0.2) is 4.98 Å². The molecular formula is C13H21N3O. The van der Waals surface area contributed by atoms with E-state index in [1.807, 2.05) is 13.8 Å². The molecule has 0 spiro atoms. The molecule has 94 valence electrons. The topological polar surface area (TPSA) is 61.0 Å². The lowest BCUT2D eigenvalue weighted by molar-refractivity contribution is 0.0908. The summed E-state index contributed by atoms with van der Waals surface area (Å²) in [5, 5.41) is 0. The molecular weight excluding hydrogens is 214 g/mol. The van der Waals surface area contributed by atoms with Crippen LogP contribution in [-0.4, -0.2) is 22.6 Å². The van der Waals surface area contributed by atoms with Crippen LogP contribution in [0.15, 0.2) is 6.20 Å². The van der Waals surface area contributed by atoms with Gasteiger partial charge in [0.05, 0.1) is 11.4 Å². The Labute approximate surface area is 103 Å². The lowest BCUT2D eigenvalue weighted by Gasteiger charge is -2.30. The molecule has 1 fully saturated rings. The van der Waals surface area contributed by atoms with E-state index < -0.39 is 0 Å². The van der Waals surface area contributed by atoms with Crippen molar-refractivity contribution in [2.45, 2.75) is 45.6 Å². The molecule has 0 radical (unpaired) electrons. The van der Waals surface area contributed by atoms with E-state index in [2.05, 4.69) is 9.97 Å². The molecule has 1 aliphatic rings. The van der Waals surface area contributed by atoms with Crippen molar-refractivity contribution in [2.75, 3.05) is 6.54 Å². The highest BCUT2D eigenvalue weighted by Gasteiger charge is 2.26. The van der Waals surface area contributed by atoms with E-state index in [1.54, 1.807) is 6.20 Å². The van der Waals surface area contributed by atoms with Crippen molar-refractivity contribution in [3.63, 3.8) is 0 Å². The Balaban J connectivity index is 2.10. The second kappa shape index (κ2) is 5.45. The lowest BCUT2D eigenvalue weighted by Crippen LogP contribution is -2.35. The second-order valence-electron chi connectivity index (χ2n) is 4.84. The van der Waals surface area contributed by atoms with Gasteiger partial charge in [0.15, 0.2) is 0 Å². The van der Waals surface area contributed by atoms with Gasteiger partial charge in [-0.15, -0.1) is 0 Å². The zero-order chi connectivity index (χ0) is 12.3. The van der Waals surface area contributed by atoms with Gasteiger partial charge in [0, 0.05) is 12.1 Å². The Kier molecular flexibility index (Phi) is 3.94. The van der Waals surface area contributed by atoms with Crippen LogP contribution in [0, 0.1) is 19.8 Å². The molecule has 0 saturated heterocycles. The molecule has 1 saturated carbocycles. The van der Waals surface area contributed by atoms with E-state index in [-0.39, 0.29) is 6.10 Å². The predicted octanol–water partition coefficient (Wildman–Crippen LogP) is 1.99. The molecule has 2 N–H and O–H groups in total. The standard InChI is InChI=1S/C13H21N3O/c1-9-8-15-10(2)13(16-9)17-12-6-4-3-5-11(12)7-14/h8,11-12H,3-7,14H2,1-2H3. The number of aromatic nitrogens is 2. The lowest BCUT2D eigenvalue weighted by atomic mass is 9.86. The molecule has 2 rings (SSSR count). The van der Waals surface area contributed by atoms with Crippen LogP contribution in [0.3, 0.4) is 0 Å². The molecule has 2 unspecified atom stereocenters. The van der Waals surface area contributed by atoms with Gasteiger partial charge in [0.2, 0.25) is 5.88 Å². The second-order valence-corrected chi connectivity index (χ2v) is 4.84. The fourth-order valence-corrected chi connectivity index (χ4v) is 2.37. The normalized spacial score (nSPS) is 24.6. The summed E-state index contributed by atoms with van der Waals surface area (Å²) in [6.45, 7) is 4.56. The maximum absolute atomic E-state index is 6.02. The van der Waals surface area contributed by atoms with Crippen LogP contribution in [-0.2, 0) is 0 Å². The van der Waals surface area contributed by atoms with Crippen molar-refractivity contribution >= 4 is 0 Å². The van der Waals surface area contributed by atoms with E-state index >= 15 is 0 Å². The molecule has 1 aromatic rings. The van der Waals surface area contributed by atoms with Gasteiger partial charge in [0.25, 0.3) is 0 Å². The van der Waals surface area contributed by atoms with Gasteiger partial charge in [-0.2, -0.15) is 0 Å². The first-order valence-electron chi connectivity index (χ1n) is 6.37. The summed E-state index contributed by atoms with van der Waals surface area (Å²) in [7, 11) is 0. The van der Waals surface area contributed by atoms with E-state index in [0.29, 0.717) is 18.3 Å².